The first-order chi connectivity index (χ1) is 7.11. The minimum atomic E-state index is -0.977. The van der Waals surface area contributed by atoms with Gasteiger partial charge >= 0.3 is 0 Å². The van der Waals surface area contributed by atoms with Crippen molar-refractivity contribution in [3.05, 3.63) is 23.8 Å². The van der Waals surface area contributed by atoms with Crippen molar-refractivity contribution < 1.29 is 19.7 Å². The standard InChI is InChI=1S/C11H16O4/c1-7(12)10(13)8-5-4-6-9(14-2)11(8)15-3/h4-7,10,12-13H,1-3H3. The van der Waals surface area contributed by atoms with E-state index in [4.69, 9.17) is 9.47 Å². The van der Waals surface area contributed by atoms with E-state index in [1.54, 1.807) is 18.2 Å². The highest BCUT2D eigenvalue weighted by molar-refractivity contribution is 5.47. The molecular formula is C11H16O4. The number of hydrogen-bond donors (Lipinski definition) is 2. The molecule has 0 aliphatic heterocycles. The van der Waals surface area contributed by atoms with Crippen LogP contribution in [-0.4, -0.2) is 30.5 Å². The Labute approximate surface area is 89.1 Å². The lowest BCUT2D eigenvalue weighted by Gasteiger charge is -2.18. The summed E-state index contributed by atoms with van der Waals surface area (Å²) in [5, 5.41) is 19.1. The van der Waals surface area contributed by atoms with Gasteiger partial charge in [0.05, 0.1) is 20.3 Å². The van der Waals surface area contributed by atoms with Gasteiger partial charge in [0, 0.05) is 5.56 Å². The normalized spacial score (nSPS) is 14.5. The lowest BCUT2D eigenvalue weighted by atomic mass is 10.0. The van der Waals surface area contributed by atoms with E-state index in [0.29, 0.717) is 17.1 Å². The van der Waals surface area contributed by atoms with Crippen molar-refractivity contribution in [2.24, 2.45) is 0 Å². The third-order valence-corrected chi connectivity index (χ3v) is 2.21. The van der Waals surface area contributed by atoms with Crippen LogP contribution in [0.15, 0.2) is 18.2 Å². The number of aliphatic hydroxyl groups is 2. The molecule has 15 heavy (non-hydrogen) atoms. The molecule has 0 fully saturated rings. The van der Waals surface area contributed by atoms with Gasteiger partial charge < -0.3 is 19.7 Å². The molecule has 0 saturated heterocycles. The molecule has 0 aliphatic rings. The molecule has 4 heteroatoms. The van der Waals surface area contributed by atoms with Crippen LogP contribution in [0.3, 0.4) is 0 Å². The average molecular weight is 212 g/mol. The number of benzene rings is 1. The number of rotatable bonds is 4. The van der Waals surface area contributed by atoms with Crippen LogP contribution >= 0.6 is 0 Å². The Morgan fingerprint density at radius 2 is 1.80 bits per heavy atom. The van der Waals surface area contributed by atoms with Crippen molar-refractivity contribution >= 4 is 0 Å². The first-order valence-corrected chi connectivity index (χ1v) is 4.68. The maximum absolute atomic E-state index is 9.74. The van der Waals surface area contributed by atoms with Gasteiger partial charge in [-0.15, -0.1) is 0 Å². The zero-order valence-corrected chi connectivity index (χ0v) is 9.10. The maximum atomic E-state index is 9.74. The number of methoxy groups -OCH3 is 2. The van der Waals surface area contributed by atoms with E-state index in [-0.39, 0.29) is 0 Å². The molecule has 0 aromatic heterocycles. The van der Waals surface area contributed by atoms with E-state index < -0.39 is 12.2 Å². The number of ether oxygens (including phenoxy) is 2. The van der Waals surface area contributed by atoms with Gasteiger partial charge in [-0.1, -0.05) is 12.1 Å². The molecule has 0 bridgehead atoms. The summed E-state index contributed by atoms with van der Waals surface area (Å²) >= 11 is 0. The fourth-order valence-electron chi connectivity index (χ4n) is 1.40. The van der Waals surface area contributed by atoms with Crippen molar-refractivity contribution in [3.63, 3.8) is 0 Å². The van der Waals surface area contributed by atoms with Crippen molar-refractivity contribution in [2.45, 2.75) is 19.1 Å². The summed E-state index contributed by atoms with van der Waals surface area (Å²) < 4.78 is 10.2. The average Bonchev–Trinajstić information content (AvgIpc) is 2.26. The lowest BCUT2D eigenvalue weighted by molar-refractivity contribution is 0.0288. The third kappa shape index (κ3) is 2.40. The minimum absolute atomic E-state index is 0.452. The first kappa shape index (κ1) is 11.8. The molecule has 4 nitrogen and oxygen atoms in total. The second-order valence-electron chi connectivity index (χ2n) is 3.27. The molecule has 2 atom stereocenters. The van der Waals surface area contributed by atoms with Gasteiger partial charge in [0.1, 0.15) is 6.10 Å². The molecule has 0 amide bonds. The molecule has 0 radical (unpaired) electrons. The van der Waals surface area contributed by atoms with Gasteiger partial charge in [0.2, 0.25) is 0 Å². The lowest BCUT2D eigenvalue weighted by Crippen LogP contribution is -2.14. The summed E-state index contributed by atoms with van der Waals surface area (Å²) in [7, 11) is 3.02. The van der Waals surface area contributed by atoms with Crippen LogP contribution in [0.5, 0.6) is 11.5 Å². The third-order valence-electron chi connectivity index (χ3n) is 2.21. The topological polar surface area (TPSA) is 58.9 Å². The largest absolute Gasteiger partial charge is 0.493 e. The highest BCUT2D eigenvalue weighted by atomic mass is 16.5. The molecule has 1 rings (SSSR count). The van der Waals surface area contributed by atoms with Gasteiger partial charge in [0.15, 0.2) is 11.5 Å². The highest BCUT2D eigenvalue weighted by Gasteiger charge is 2.20. The molecule has 84 valence electrons. The summed E-state index contributed by atoms with van der Waals surface area (Å²) in [4.78, 5) is 0. The summed E-state index contributed by atoms with van der Waals surface area (Å²) in [6.45, 7) is 1.52. The minimum Gasteiger partial charge on any atom is -0.493 e. The Morgan fingerprint density at radius 3 is 2.27 bits per heavy atom. The Bertz CT molecular complexity index is 322. The Kier molecular flexibility index (Phi) is 3.94. The van der Waals surface area contributed by atoms with Crippen molar-refractivity contribution in [1.82, 2.24) is 0 Å². The molecular weight excluding hydrogens is 196 g/mol. The summed E-state index contributed by atoms with van der Waals surface area (Å²) in [5.74, 6) is 0.989. The Morgan fingerprint density at radius 1 is 1.13 bits per heavy atom. The van der Waals surface area contributed by atoms with Gasteiger partial charge in [-0.05, 0) is 13.0 Å². The fraction of sp³-hybridized carbons (Fsp3) is 0.455. The number of hydrogen-bond acceptors (Lipinski definition) is 4. The van der Waals surface area contributed by atoms with E-state index in [1.165, 1.54) is 21.1 Å². The molecule has 2 unspecified atom stereocenters. The van der Waals surface area contributed by atoms with E-state index >= 15 is 0 Å². The van der Waals surface area contributed by atoms with Gasteiger partial charge in [-0.3, -0.25) is 0 Å². The second kappa shape index (κ2) is 5.00. The van der Waals surface area contributed by atoms with Gasteiger partial charge in [0.25, 0.3) is 0 Å². The van der Waals surface area contributed by atoms with Crippen LogP contribution in [0.2, 0.25) is 0 Å². The zero-order valence-electron chi connectivity index (χ0n) is 9.10. The van der Waals surface area contributed by atoms with Crippen LogP contribution in [0.1, 0.15) is 18.6 Å². The molecule has 1 aromatic carbocycles. The number of para-hydroxylation sites is 1. The second-order valence-corrected chi connectivity index (χ2v) is 3.27. The van der Waals surface area contributed by atoms with Gasteiger partial charge in [-0.2, -0.15) is 0 Å². The van der Waals surface area contributed by atoms with Crippen molar-refractivity contribution in [2.75, 3.05) is 14.2 Å². The van der Waals surface area contributed by atoms with E-state index in [1.807, 2.05) is 0 Å². The van der Waals surface area contributed by atoms with E-state index in [9.17, 15) is 10.2 Å². The van der Waals surface area contributed by atoms with Crippen molar-refractivity contribution in [3.8, 4) is 11.5 Å². The molecule has 0 spiro atoms. The zero-order chi connectivity index (χ0) is 11.4. The smallest absolute Gasteiger partial charge is 0.166 e. The van der Waals surface area contributed by atoms with Crippen LogP contribution in [0, 0.1) is 0 Å². The van der Waals surface area contributed by atoms with E-state index in [0.717, 1.165) is 0 Å². The van der Waals surface area contributed by atoms with Crippen LogP contribution < -0.4 is 9.47 Å². The van der Waals surface area contributed by atoms with Crippen LogP contribution in [-0.2, 0) is 0 Å². The summed E-state index contributed by atoms with van der Waals surface area (Å²) in [5.41, 5.74) is 0.520. The molecule has 2 N–H and O–H groups in total. The Hall–Kier alpha value is -1.26. The van der Waals surface area contributed by atoms with Gasteiger partial charge in [-0.25, -0.2) is 0 Å². The van der Waals surface area contributed by atoms with E-state index in [2.05, 4.69) is 0 Å². The maximum Gasteiger partial charge on any atom is 0.166 e. The fourth-order valence-corrected chi connectivity index (χ4v) is 1.40. The SMILES string of the molecule is COc1cccc(C(O)C(C)O)c1OC. The monoisotopic (exact) mass is 212 g/mol. The Balaban J connectivity index is 3.16. The summed E-state index contributed by atoms with van der Waals surface area (Å²) in [6.07, 6.45) is -1.83. The molecule has 0 saturated carbocycles. The van der Waals surface area contributed by atoms with Crippen LogP contribution in [0.4, 0.5) is 0 Å². The quantitative estimate of drug-likeness (QED) is 0.785. The number of aliphatic hydroxyl groups excluding tert-OH is 2. The summed E-state index contributed by atoms with van der Waals surface area (Å²) in [6, 6.07) is 5.16. The van der Waals surface area contributed by atoms with Crippen LogP contribution in [0.25, 0.3) is 0 Å². The predicted octanol–water partition coefficient (Wildman–Crippen LogP) is 1.12. The van der Waals surface area contributed by atoms with Crippen molar-refractivity contribution in [1.29, 1.82) is 0 Å². The molecule has 1 aromatic rings. The first-order valence-electron chi connectivity index (χ1n) is 4.68. The predicted molar refractivity (Wildman–Crippen MR) is 56.2 cm³/mol. The molecule has 0 aliphatic carbocycles. The molecule has 0 heterocycles. The highest BCUT2D eigenvalue weighted by Crippen LogP contribution is 2.35.